The van der Waals surface area contributed by atoms with E-state index in [1.165, 1.54) is 41.3 Å². The van der Waals surface area contributed by atoms with Gasteiger partial charge in [-0.1, -0.05) is 43.2 Å². The second kappa shape index (κ2) is 11.0. The molecule has 2 N–H and O–H groups in total. The third-order valence-corrected chi connectivity index (χ3v) is 7.15. The summed E-state index contributed by atoms with van der Waals surface area (Å²) in [6.45, 7) is 6.06. The monoisotopic (exact) mass is 480 g/mol. The molecule has 9 nitrogen and oxygen atoms in total. The van der Waals surface area contributed by atoms with E-state index in [0.717, 1.165) is 31.6 Å². The smallest absolute Gasteiger partial charge is 0.272 e. The van der Waals surface area contributed by atoms with Gasteiger partial charge in [-0.3, -0.25) is 19.1 Å². The zero-order chi connectivity index (χ0) is 24.8. The number of benzene rings is 1. The fourth-order valence-electron chi connectivity index (χ4n) is 4.76. The van der Waals surface area contributed by atoms with Gasteiger partial charge in [-0.25, -0.2) is 0 Å². The number of amides is 3. The van der Waals surface area contributed by atoms with Crippen molar-refractivity contribution in [1.29, 1.82) is 0 Å². The van der Waals surface area contributed by atoms with Gasteiger partial charge < -0.3 is 20.4 Å². The molecule has 1 aromatic carbocycles. The first-order valence-corrected chi connectivity index (χ1v) is 12.6. The van der Waals surface area contributed by atoms with Gasteiger partial charge in [0.15, 0.2) is 5.69 Å². The van der Waals surface area contributed by atoms with Crippen molar-refractivity contribution in [3.8, 4) is 0 Å². The van der Waals surface area contributed by atoms with Gasteiger partial charge in [-0.2, -0.15) is 5.10 Å². The number of fused-ring (bicyclic) bond motifs is 1. The summed E-state index contributed by atoms with van der Waals surface area (Å²) in [4.78, 5) is 42.8. The Bertz CT molecular complexity index is 1040. The van der Waals surface area contributed by atoms with Crippen LogP contribution in [0.2, 0.25) is 0 Å². The van der Waals surface area contributed by atoms with Crippen LogP contribution in [-0.4, -0.2) is 76.1 Å². The van der Waals surface area contributed by atoms with Crippen molar-refractivity contribution in [2.45, 2.75) is 57.7 Å². The molecule has 1 saturated heterocycles. The lowest BCUT2D eigenvalue weighted by Crippen LogP contribution is -2.62. The van der Waals surface area contributed by atoms with Crippen molar-refractivity contribution < 1.29 is 14.4 Å². The van der Waals surface area contributed by atoms with Crippen LogP contribution >= 0.6 is 0 Å². The topological polar surface area (TPSA) is 99.6 Å². The molecule has 2 aliphatic heterocycles. The Morgan fingerprint density at radius 1 is 1.06 bits per heavy atom. The van der Waals surface area contributed by atoms with Crippen LogP contribution in [0.3, 0.4) is 0 Å². The molecule has 0 radical (unpaired) electrons. The first kappa shape index (κ1) is 24.9. The van der Waals surface area contributed by atoms with Crippen molar-refractivity contribution in [3.05, 3.63) is 53.3 Å². The predicted octanol–water partition coefficient (Wildman–Crippen LogP) is 2.04. The van der Waals surface area contributed by atoms with Crippen LogP contribution in [0.5, 0.6) is 0 Å². The van der Waals surface area contributed by atoms with Gasteiger partial charge in [-0.05, 0) is 51.4 Å². The number of rotatable bonds is 8. The fourth-order valence-corrected chi connectivity index (χ4v) is 4.76. The third-order valence-electron chi connectivity index (χ3n) is 7.15. The molecule has 188 valence electrons. The van der Waals surface area contributed by atoms with Crippen LogP contribution in [0.15, 0.2) is 36.4 Å². The average Bonchev–Trinajstić information content (AvgIpc) is 3.11. The molecule has 0 spiro atoms. The molecule has 0 aliphatic carbocycles. The van der Waals surface area contributed by atoms with E-state index in [1.807, 2.05) is 30.3 Å². The molecular weight excluding hydrogens is 444 g/mol. The maximum absolute atomic E-state index is 13.1. The first-order valence-electron chi connectivity index (χ1n) is 12.6. The van der Waals surface area contributed by atoms with Gasteiger partial charge in [0, 0.05) is 26.2 Å². The van der Waals surface area contributed by atoms with Crippen LogP contribution in [0.25, 0.3) is 0 Å². The molecule has 9 heteroatoms. The minimum atomic E-state index is -1.12. The fraction of sp³-hybridized carbons (Fsp3) is 0.538. The lowest BCUT2D eigenvalue weighted by Gasteiger charge is -2.40. The van der Waals surface area contributed by atoms with Crippen molar-refractivity contribution in [1.82, 2.24) is 30.2 Å². The molecule has 0 saturated carbocycles. The van der Waals surface area contributed by atoms with Gasteiger partial charge in [0.1, 0.15) is 11.2 Å². The van der Waals surface area contributed by atoms with Crippen LogP contribution < -0.4 is 10.6 Å². The molecule has 2 aromatic rings. The second-order valence-electron chi connectivity index (χ2n) is 9.74. The summed E-state index contributed by atoms with van der Waals surface area (Å²) in [6, 6.07) is 11.1. The van der Waals surface area contributed by atoms with Gasteiger partial charge in [0.25, 0.3) is 11.8 Å². The molecule has 1 atom stereocenters. The summed E-state index contributed by atoms with van der Waals surface area (Å²) in [5, 5.41) is 10.2. The first-order chi connectivity index (χ1) is 16.9. The average molecular weight is 481 g/mol. The van der Waals surface area contributed by atoms with E-state index in [0.29, 0.717) is 18.8 Å². The van der Waals surface area contributed by atoms with Crippen molar-refractivity contribution >= 4 is 17.7 Å². The summed E-state index contributed by atoms with van der Waals surface area (Å²) in [5.74, 6) is -0.896. The largest absolute Gasteiger partial charge is 0.351 e. The SMILES string of the molecule is CN1C(=O)c2cc(C(=O)NCCCN3CCCCCC3)nn2CC1(C)C(=O)NCc1ccccc1. The van der Waals surface area contributed by atoms with E-state index in [1.54, 1.807) is 14.0 Å². The molecule has 0 bridgehead atoms. The zero-order valence-corrected chi connectivity index (χ0v) is 20.8. The highest BCUT2D eigenvalue weighted by atomic mass is 16.2. The Hall–Kier alpha value is -3.20. The van der Waals surface area contributed by atoms with Gasteiger partial charge in [0.2, 0.25) is 5.91 Å². The number of nitrogens with one attached hydrogen (secondary N) is 2. The Labute approximate surface area is 206 Å². The maximum atomic E-state index is 13.1. The summed E-state index contributed by atoms with van der Waals surface area (Å²) >= 11 is 0. The summed E-state index contributed by atoms with van der Waals surface area (Å²) < 4.78 is 1.48. The Balaban J connectivity index is 1.34. The van der Waals surface area contributed by atoms with Gasteiger partial charge >= 0.3 is 0 Å². The Morgan fingerprint density at radius 2 is 1.77 bits per heavy atom. The predicted molar refractivity (Wildman–Crippen MR) is 133 cm³/mol. The second-order valence-corrected chi connectivity index (χ2v) is 9.74. The normalized spacial score (nSPS) is 20.7. The van der Waals surface area contributed by atoms with Gasteiger partial charge in [-0.15, -0.1) is 0 Å². The minimum absolute atomic E-state index is 0.174. The summed E-state index contributed by atoms with van der Waals surface area (Å²) in [6.07, 6.45) is 5.98. The molecule has 2 aliphatic rings. The van der Waals surface area contributed by atoms with Crippen molar-refractivity contribution in [2.24, 2.45) is 0 Å². The molecule has 1 fully saturated rings. The van der Waals surface area contributed by atoms with E-state index in [4.69, 9.17) is 0 Å². The van der Waals surface area contributed by atoms with Crippen LogP contribution in [0, 0.1) is 0 Å². The molecule has 35 heavy (non-hydrogen) atoms. The molecule has 1 unspecified atom stereocenters. The van der Waals surface area contributed by atoms with E-state index >= 15 is 0 Å². The van der Waals surface area contributed by atoms with E-state index < -0.39 is 5.54 Å². The number of aromatic nitrogens is 2. The zero-order valence-electron chi connectivity index (χ0n) is 20.8. The van der Waals surface area contributed by atoms with Crippen LogP contribution in [0.4, 0.5) is 0 Å². The van der Waals surface area contributed by atoms with Crippen molar-refractivity contribution in [3.63, 3.8) is 0 Å². The molecular formula is C26H36N6O3. The third kappa shape index (κ3) is 5.73. The van der Waals surface area contributed by atoms with Crippen molar-refractivity contribution in [2.75, 3.05) is 33.2 Å². The van der Waals surface area contributed by atoms with Gasteiger partial charge in [0.05, 0.1) is 6.54 Å². The van der Waals surface area contributed by atoms with E-state index in [-0.39, 0.29) is 30.0 Å². The Morgan fingerprint density at radius 3 is 2.49 bits per heavy atom. The number of likely N-dealkylation sites (tertiary alicyclic amines) is 1. The highest BCUT2D eigenvalue weighted by Crippen LogP contribution is 2.26. The van der Waals surface area contributed by atoms with Crippen LogP contribution in [-0.2, 0) is 17.9 Å². The number of carbonyl (C=O) groups excluding carboxylic acids is 3. The highest BCUT2D eigenvalue weighted by molar-refractivity contribution is 6.01. The minimum Gasteiger partial charge on any atom is -0.351 e. The quantitative estimate of drug-likeness (QED) is 0.564. The number of likely N-dealkylation sites (N-methyl/N-ethyl adjacent to an activating group) is 1. The number of hydrogen-bond donors (Lipinski definition) is 2. The number of nitrogens with zero attached hydrogens (tertiary/aromatic N) is 4. The Kier molecular flexibility index (Phi) is 7.85. The molecule has 3 amide bonds. The number of carbonyl (C=O) groups is 3. The molecule has 1 aromatic heterocycles. The molecule has 4 rings (SSSR count). The van der Waals surface area contributed by atoms with E-state index in [2.05, 4.69) is 20.6 Å². The summed E-state index contributed by atoms with van der Waals surface area (Å²) in [5.41, 5.74) is 0.371. The lowest BCUT2D eigenvalue weighted by molar-refractivity contribution is -0.132. The molecule has 3 heterocycles. The lowest BCUT2D eigenvalue weighted by atomic mass is 9.96. The highest BCUT2D eigenvalue weighted by Gasteiger charge is 2.46. The number of hydrogen-bond acceptors (Lipinski definition) is 5. The summed E-state index contributed by atoms with van der Waals surface area (Å²) in [7, 11) is 1.61. The van der Waals surface area contributed by atoms with Crippen LogP contribution in [0.1, 0.15) is 65.6 Å². The standard InChI is InChI=1S/C26H36N6O3/c1-26(25(35)28-18-20-11-6-5-7-12-20)19-32-22(24(34)30(26)2)17-21(29-32)23(33)27-13-10-16-31-14-8-3-4-9-15-31/h5-7,11-12,17H,3-4,8-10,13-16,18-19H2,1-2H3,(H,27,33)(H,28,35). The maximum Gasteiger partial charge on any atom is 0.272 e. The van der Waals surface area contributed by atoms with E-state index in [9.17, 15) is 14.4 Å².